The van der Waals surface area contributed by atoms with Gasteiger partial charge in [0.2, 0.25) is 0 Å². The number of hydrogen-bond acceptors (Lipinski definition) is 7. The summed E-state index contributed by atoms with van der Waals surface area (Å²) in [6.07, 6.45) is 2.65. The smallest absolute Gasteiger partial charge is 0.260 e. The van der Waals surface area contributed by atoms with E-state index in [0.29, 0.717) is 16.0 Å². The lowest BCUT2D eigenvalue weighted by Crippen LogP contribution is -2.22. The van der Waals surface area contributed by atoms with Crippen molar-refractivity contribution in [2.24, 2.45) is 17.6 Å². The number of hydrogen-bond donors (Lipinski definition) is 2. The van der Waals surface area contributed by atoms with Crippen LogP contribution in [0.1, 0.15) is 66.3 Å². The Kier molecular flexibility index (Phi) is 11.9. The van der Waals surface area contributed by atoms with Crippen molar-refractivity contribution in [3.05, 3.63) is 46.2 Å². The molecule has 0 spiro atoms. The summed E-state index contributed by atoms with van der Waals surface area (Å²) in [6, 6.07) is 5.71. The Morgan fingerprint density at radius 1 is 1.18 bits per heavy atom. The molecule has 0 aliphatic carbocycles. The predicted octanol–water partition coefficient (Wildman–Crippen LogP) is 6.21. The average Bonchev–Trinajstić information content (AvgIpc) is 3.28. The number of carbonyl (C=O) groups is 2. The summed E-state index contributed by atoms with van der Waals surface area (Å²) < 4.78 is 30.5. The van der Waals surface area contributed by atoms with E-state index in [1.807, 2.05) is 20.8 Å². The number of aromatic nitrogens is 1. The minimum atomic E-state index is -1.01. The molecule has 3 N–H and O–H groups in total. The van der Waals surface area contributed by atoms with Crippen LogP contribution in [-0.2, 0) is 4.74 Å². The zero-order valence-electron chi connectivity index (χ0n) is 23.1. The number of nitrogens with zero attached hydrogens (tertiary/aromatic N) is 1. The van der Waals surface area contributed by atoms with E-state index < -0.39 is 23.2 Å². The van der Waals surface area contributed by atoms with Crippen LogP contribution in [0.5, 0.6) is 11.5 Å². The van der Waals surface area contributed by atoms with Gasteiger partial charge < -0.3 is 25.3 Å². The van der Waals surface area contributed by atoms with E-state index in [1.165, 1.54) is 44.5 Å². The highest BCUT2D eigenvalue weighted by Crippen LogP contribution is 2.34. The highest BCUT2D eigenvalue weighted by atomic mass is 32.1. The van der Waals surface area contributed by atoms with Crippen LogP contribution in [-0.4, -0.2) is 44.2 Å². The Morgan fingerprint density at radius 2 is 1.89 bits per heavy atom. The normalized spacial score (nSPS) is 16.4. The standard InChI is InChI=1S/C18H16FN3O4S.C8H16O.C2H6/c1-8-21-11-4-5-13(26-3)15(16(11)27-8)18(24)22-12-7-9(25-2)6-10(19)14(12)17(20)23;1-3-8-4-7(2)5-9-6-8;1-2/h4-7H,1-3H3,(H2,20,23)(H,22,24);7-8H,3-6H2,1-2H3;1-2H3. The number of fused-ring (bicyclic) bond motifs is 1. The monoisotopic (exact) mass is 547 g/mol. The van der Waals surface area contributed by atoms with Crippen molar-refractivity contribution in [2.45, 2.75) is 47.5 Å². The molecule has 4 rings (SSSR count). The van der Waals surface area contributed by atoms with Crippen LogP contribution in [0.2, 0.25) is 0 Å². The summed E-state index contributed by atoms with van der Waals surface area (Å²) in [5.41, 5.74) is 5.61. The number of nitrogens with two attached hydrogens (primary N) is 1. The van der Waals surface area contributed by atoms with Gasteiger partial charge in [0.1, 0.15) is 22.9 Å². The van der Waals surface area contributed by atoms with E-state index in [1.54, 1.807) is 12.1 Å². The lowest BCUT2D eigenvalue weighted by molar-refractivity contribution is 0.0200. The Labute approximate surface area is 227 Å². The lowest BCUT2D eigenvalue weighted by Gasteiger charge is -2.25. The van der Waals surface area contributed by atoms with Gasteiger partial charge in [0, 0.05) is 25.3 Å². The van der Waals surface area contributed by atoms with Crippen molar-refractivity contribution in [2.75, 3.05) is 32.8 Å². The molecule has 3 aromatic rings. The van der Waals surface area contributed by atoms with E-state index >= 15 is 0 Å². The first-order chi connectivity index (χ1) is 18.2. The minimum absolute atomic E-state index is 0.0929. The molecule has 1 fully saturated rings. The van der Waals surface area contributed by atoms with Crippen LogP contribution in [0.4, 0.5) is 10.1 Å². The molecule has 2 unspecified atom stereocenters. The third-order valence-corrected chi connectivity index (χ3v) is 6.94. The van der Waals surface area contributed by atoms with Gasteiger partial charge >= 0.3 is 0 Å². The number of aryl methyl sites for hydroxylation is 1. The minimum Gasteiger partial charge on any atom is -0.497 e. The second-order valence-corrected chi connectivity index (χ2v) is 9.93. The van der Waals surface area contributed by atoms with Gasteiger partial charge in [-0.15, -0.1) is 11.3 Å². The van der Waals surface area contributed by atoms with E-state index in [2.05, 4.69) is 24.1 Å². The van der Waals surface area contributed by atoms with E-state index in [-0.39, 0.29) is 17.0 Å². The summed E-state index contributed by atoms with van der Waals surface area (Å²) in [7, 11) is 2.78. The van der Waals surface area contributed by atoms with Crippen LogP contribution in [0.15, 0.2) is 24.3 Å². The number of primary amides is 1. The van der Waals surface area contributed by atoms with Gasteiger partial charge in [0.15, 0.2) is 0 Å². The third kappa shape index (κ3) is 7.64. The number of halogens is 1. The fourth-order valence-electron chi connectivity index (χ4n) is 4.13. The number of thiazole rings is 1. The van der Waals surface area contributed by atoms with Crippen LogP contribution in [0.3, 0.4) is 0 Å². The first kappa shape index (κ1) is 31.0. The highest BCUT2D eigenvalue weighted by Gasteiger charge is 2.23. The topological polar surface area (TPSA) is 113 Å². The van der Waals surface area contributed by atoms with Crippen molar-refractivity contribution in [3.8, 4) is 11.5 Å². The number of nitrogens with one attached hydrogen (secondary N) is 1. The Hall–Kier alpha value is -3.24. The molecule has 38 heavy (non-hydrogen) atoms. The molecule has 1 aliphatic heterocycles. The van der Waals surface area contributed by atoms with Crippen molar-refractivity contribution < 1.29 is 28.2 Å². The van der Waals surface area contributed by atoms with Crippen LogP contribution < -0.4 is 20.5 Å². The highest BCUT2D eigenvalue weighted by molar-refractivity contribution is 7.19. The number of amides is 2. The fraction of sp³-hybridized carbons (Fsp3) is 0.464. The molecule has 8 nitrogen and oxygen atoms in total. The molecule has 1 aliphatic rings. The largest absolute Gasteiger partial charge is 0.497 e. The zero-order valence-corrected chi connectivity index (χ0v) is 24.0. The second kappa shape index (κ2) is 14.6. The Morgan fingerprint density at radius 3 is 2.45 bits per heavy atom. The van der Waals surface area contributed by atoms with Gasteiger partial charge in [-0.2, -0.15) is 0 Å². The second-order valence-electron chi connectivity index (χ2n) is 8.73. The van der Waals surface area contributed by atoms with E-state index in [9.17, 15) is 14.0 Å². The quantitative estimate of drug-likeness (QED) is 0.380. The summed E-state index contributed by atoms with van der Waals surface area (Å²) >= 11 is 1.33. The molecule has 2 atom stereocenters. The number of carbonyl (C=O) groups excluding carboxylic acids is 2. The average molecular weight is 548 g/mol. The van der Waals surface area contributed by atoms with Gasteiger partial charge in [-0.05, 0) is 37.3 Å². The number of methoxy groups -OCH3 is 2. The van der Waals surface area contributed by atoms with Gasteiger partial charge in [-0.3, -0.25) is 9.59 Å². The molecule has 10 heteroatoms. The van der Waals surface area contributed by atoms with E-state index in [0.717, 1.165) is 36.1 Å². The van der Waals surface area contributed by atoms with E-state index in [4.69, 9.17) is 19.9 Å². The maximum Gasteiger partial charge on any atom is 0.260 e. The molecule has 1 saturated heterocycles. The summed E-state index contributed by atoms with van der Waals surface area (Å²) in [6.45, 7) is 12.3. The third-order valence-electron chi connectivity index (χ3n) is 5.94. The number of benzene rings is 2. The molecule has 208 valence electrons. The Balaban J connectivity index is 0.000000387. The number of ether oxygens (including phenoxy) is 3. The lowest BCUT2D eigenvalue weighted by atomic mass is 9.93. The fourth-order valence-corrected chi connectivity index (χ4v) is 5.08. The SMILES string of the molecule is CC.CCC1COCC(C)C1.COc1cc(F)c(C(N)=O)c(NC(=O)c2c(OC)ccc3nc(C)sc23)c1. The van der Waals surface area contributed by atoms with Crippen LogP contribution in [0.25, 0.3) is 10.2 Å². The van der Waals surface area contributed by atoms with Crippen molar-refractivity contribution in [1.29, 1.82) is 0 Å². The molecule has 2 aromatic carbocycles. The molecule has 2 amide bonds. The van der Waals surface area contributed by atoms with Gasteiger partial charge in [0.05, 0.1) is 40.7 Å². The summed E-state index contributed by atoms with van der Waals surface area (Å²) in [5, 5.41) is 3.31. The van der Waals surface area contributed by atoms with Crippen molar-refractivity contribution in [1.82, 2.24) is 4.98 Å². The molecule has 0 radical (unpaired) electrons. The summed E-state index contributed by atoms with van der Waals surface area (Å²) in [4.78, 5) is 29.0. The molecule has 1 aromatic heterocycles. The first-order valence-corrected chi connectivity index (χ1v) is 13.5. The van der Waals surface area contributed by atoms with Gasteiger partial charge in [0.25, 0.3) is 11.8 Å². The molecule has 2 heterocycles. The molecular weight excluding hydrogens is 509 g/mol. The maximum atomic E-state index is 14.2. The zero-order chi connectivity index (χ0) is 28.4. The van der Waals surface area contributed by atoms with Crippen LogP contribution in [0, 0.1) is 24.6 Å². The van der Waals surface area contributed by atoms with Gasteiger partial charge in [-0.25, -0.2) is 9.37 Å². The molecule has 0 bridgehead atoms. The first-order valence-electron chi connectivity index (χ1n) is 12.7. The number of anilines is 1. The molecular formula is C28H38FN3O5S. The Bertz CT molecular complexity index is 1250. The van der Waals surface area contributed by atoms with Crippen LogP contribution >= 0.6 is 11.3 Å². The summed E-state index contributed by atoms with van der Waals surface area (Å²) in [5.74, 6) is -0.395. The van der Waals surface area contributed by atoms with Crippen molar-refractivity contribution >= 4 is 39.1 Å². The van der Waals surface area contributed by atoms with Crippen molar-refractivity contribution in [3.63, 3.8) is 0 Å². The predicted molar refractivity (Wildman–Crippen MR) is 150 cm³/mol. The number of rotatable bonds is 6. The molecule has 0 saturated carbocycles. The van der Waals surface area contributed by atoms with Gasteiger partial charge in [-0.1, -0.05) is 34.1 Å². The maximum absolute atomic E-state index is 14.2.